The van der Waals surface area contributed by atoms with Crippen LogP contribution >= 0.6 is 11.8 Å². The van der Waals surface area contributed by atoms with Gasteiger partial charge in [-0.1, -0.05) is 23.9 Å². The molecule has 1 atom stereocenters. The molecule has 0 spiro atoms. The third-order valence-corrected chi connectivity index (χ3v) is 6.54. The Bertz CT molecular complexity index is 1060. The number of likely N-dealkylation sites (tertiary alicyclic amines) is 1. The van der Waals surface area contributed by atoms with Crippen molar-refractivity contribution in [2.24, 2.45) is 7.05 Å². The fourth-order valence-corrected chi connectivity index (χ4v) is 4.86. The Morgan fingerprint density at radius 1 is 1.23 bits per heavy atom. The van der Waals surface area contributed by atoms with Crippen LogP contribution in [0.4, 0.5) is 0 Å². The number of fused-ring (bicyclic) bond motifs is 1. The molecule has 7 nitrogen and oxygen atoms in total. The molecule has 1 amide bonds. The van der Waals surface area contributed by atoms with E-state index in [2.05, 4.69) is 4.98 Å². The molecule has 0 N–H and O–H groups in total. The summed E-state index contributed by atoms with van der Waals surface area (Å²) in [4.78, 5) is 19.4. The van der Waals surface area contributed by atoms with Gasteiger partial charge in [-0.25, -0.2) is 4.98 Å². The Labute approximate surface area is 179 Å². The highest BCUT2D eigenvalue weighted by Crippen LogP contribution is 2.43. The molecule has 156 valence electrons. The molecule has 1 saturated heterocycles. The normalized spacial score (nSPS) is 18.0. The molecular weight excluding hydrogens is 402 g/mol. The quantitative estimate of drug-likeness (QED) is 0.575. The van der Waals surface area contributed by atoms with Gasteiger partial charge in [0.1, 0.15) is 19.0 Å². The van der Waals surface area contributed by atoms with E-state index in [1.165, 1.54) is 0 Å². The molecule has 1 fully saturated rings. The summed E-state index contributed by atoms with van der Waals surface area (Å²) in [6.45, 7) is 1.78. The number of para-hydroxylation sites is 1. The molecule has 5 rings (SSSR count). The van der Waals surface area contributed by atoms with Gasteiger partial charge in [-0.15, -0.1) is 0 Å². The van der Waals surface area contributed by atoms with Crippen molar-refractivity contribution in [3.8, 4) is 11.5 Å². The molecule has 0 radical (unpaired) electrons. The summed E-state index contributed by atoms with van der Waals surface area (Å²) < 4.78 is 19.4. The maximum atomic E-state index is 13.2. The fourth-order valence-electron chi connectivity index (χ4n) is 4.03. The van der Waals surface area contributed by atoms with Crippen LogP contribution in [-0.2, 0) is 12.8 Å². The molecule has 2 aliphatic heterocycles. The minimum absolute atomic E-state index is 0.0374. The number of furan rings is 1. The van der Waals surface area contributed by atoms with Crippen molar-refractivity contribution >= 4 is 17.7 Å². The minimum Gasteiger partial charge on any atom is -0.486 e. The Morgan fingerprint density at radius 2 is 2.13 bits per heavy atom. The number of carbonyl (C=O) groups is 1. The molecule has 1 aromatic carbocycles. The van der Waals surface area contributed by atoms with E-state index in [4.69, 9.17) is 13.9 Å². The third kappa shape index (κ3) is 3.56. The zero-order valence-electron chi connectivity index (χ0n) is 16.7. The van der Waals surface area contributed by atoms with E-state index < -0.39 is 0 Å². The highest BCUT2D eigenvalue weighted by Gasteiger charge is 2.35. The van der Waals surface area contributed by atoms with Gasteiger partial charge in [-0.05, 0) is 31.0 Å². The standard InChI is InChI=1S/C22H23N3O4S/c1-24-11-9-23-22(24)30-14-15-7-8-19(29-15)21(26)25-10-3-5-17(25)16-4-2-6-18-20(16)28-13-12-27-18/h2,4,6-9,11,17H,3,5,10,12-14H2,1H3. The van der Waals surface area contributed by atoms with Crippen molar-refractivity contribution in [3.63, 3.8) is 0 Å². The maximum Gasteiger partial charge on any atom is 0.290 e. The van der Waals surface area contributed by atoms with Crippen molar-refractivity contribution in [1.29, 1.82) is 0 Å². The number of hydrogen-bond donors (Lipinski definition) is 0. The molecule has 0 aliphatic carbocycles. The number of amides is 1. The number of aryl methyl sites for hydroxylation is 1. The molecule has 2 aliphatic rings. The average Bonchev–Trinajstić information content (AvgIpc) is 3.52. The molecule has 4 heterocycles. The van der Waals surface area contributed by atoms with Crippen molar-refractivity contribution in [2.45, 2.75) is 29.8 Å². The maximum absolute atomic E-state index is 13.2. The van der Waals surface area contributed by atoms with Crippen LogP contribution in [0, 0.1) is 0 Å². The van der Waals surface area contributed by atoms with Gasteiger partial charge in [0.2, 0.25) is 0 Å². The number of benzene rings is 1. The van der Waals surface area contributed by atoms with Crippen LogP contribution in [0.3, 0.4) is 0 Å². The summed E-state index contributed by atoms with van der Waals surface area (Å²) >= 11 is 1.58. The topological polar surface area (TPSA) is 69.7 Å². The highest BCUT2D eigenvalue weighted by atomic mass is 32.2. The second kappa shape index (κ2) is 8.10. The molecule has 0 saturated carbocycles. The highest BCUT2D eigenvalue weighted by molar-refractivity contribution is 7.98. The van der Waals surface area contributed by atoms with E-state index in [9.17, 15) is 4.79 Å². The van der Waals surface area contributed by atoms with Gasteiger partial charge in [0, 0.05) is 31.5 Å². The first-order valence-corrected chi connectivity index (χ1v) is 11.1. The van der Waals surface area contributed by atoms with Crippen molar-refractivity contribution in [2.75, 3.05) is 19.8 Å². The van der Waals surface area contributed by atoms with Gasteiger partial charge >= 0.3 is 0 Å². The molecule has 0 bridgehead atoms. The lowest BCUT2D eigenvalue weighted by Crippen LogP contribution is -2.31. The molecule has 2 aromatic heterocycles. The van der Waals surface area contributed by atoms with Crippen molar-refractivity contribution < 1.29 is 18.7 Å². The van der Waals surface area contributed by atoms with E-state index in [-0.39, 0.29) is 11.9 Å². The van der Waals surface area contributed by atoms with Crippen LogP contribution in [0.5, 0.6) is 11.5 Å². The van der Waals surface area contributed by atoms with Gasteiger partial charge in [0.15, 0.2) is 22.4 Å². The SMILES string of the molecule is Cn1ccnc1SCc1ccc(C(=O)N2CCCC2c2cccc3c2OCCO3)o1. The molecule has 8 heteroatoms. The number of ether oxygens (including phenoxy) is 2. The Balaban J connectivity index is 1.32. The van der Waals surface area contributed by atoms with Crippen LogP contribution in [-0.4, -0.2) is 40.1 Å². The van der Waals surface area contributed by atoms with E-state index in [1.54, 1.807) is 24.0 Å². The number of hydrogen-bond acceptors (Lipinski definition) is 6. The zero-order chi connectivity index (χ0) is 20.5. The third-order valence-electron chi connectivity index (χ3n) is 5.46. The van der Waals surface area contributed by atoms with Gasteiger partial charge in [0.05, 0.1) is 11.8 Å². The van der Waals surface area contributed by atoms with Gasteiger partial charge in [0.25, 0.3) is 5.91 Å². The predicted octanol–water partition coefficient (Wildman–Crippen LogP) is 4.05. The van der Waals surface area contributed by atoms with Gasteiger partial charge < -0.3 is 23.4 Å². The summed E-state index contributed by atoms with van der Waals surface area (Å²) in [6, 6.07) is 9.51. The first-order valence-electron chi connectivity index (χ1n) is 10.1. The molecular formula is C22H23N3O4S. The van der Waals surface area contributed by atoms with E-state index >= 15 is 0 Å². The lowest BCUT2D eigenvalue weighted by atomic mass is 10.0. The second-order valence-electron chi connectivity index (χ2n) is 7.40. The second-order valence-corrected chi connectivity index (χ2v) is 8.35. The summed E-state index contributed by atoms with van der Waals surface area (Å²) in [6.07, 6.45) is 5.52. The number of carbonyl (C=O) groups excluding carboxylic acids is 1. The number of thioether (sulfide) groups is 1. The summed E-state index contributed by atoms with van der Waals surface area (Å²) in [5.41, 5.74) is 1.01. The lowest BCUT2D eigenvalue weighted by molar-refractivity contribution is 0.0697. The lowest BCUT2D eigenvalue weighted by Gasteiger charge is -2.28. The summed E-state index contributed by atoms with van der Waals surface area (Å²) in [5, 5.41) is 0.912. The number of nitrogens with zero attached hydrogens (tertiary/aromatic N) is 3. The van der Waals surface area contributed by atoms with Crippen LogP contribution < -0.4 is 9.47 Å². The van der Waals surface area contributed by atoms with Crippen LogP contribution in [0.2, 0.25) is 0 Å². The van der Waals surface area contributed by atoms with Crippen LogP contribution in [0.1, 0.15) is 40.8 Å². The number of rotatable bonds is 5. The molecule has 30 heavy (non-hydrogen) atoms. The first-order chi connectivity index (χ1) is 14.7. The summed E-state index contributed by atoms with van der Waals surface area (Å²) in [7, 11) is 1.96. The van der Waals surface area contributed by atoms with Gasteiger partial charge in [-0.2, -0.15) is 0 Å². The van der Waals surface area contributed by atoms with E-state index in [1.807, 2.05) is 47.0 Å². The summed E-state index contributed by atoms with van der Waals surface area (Å²) in [5.74, 6) is 3.19. The zero-order valence-corrected chi connectivity index (χ0v) is 17.6. The Hall–Kier alpha value is -2.87. The number of aromatic nitrogens is 2. The van der Waals surface area contributed by atoms with Gasteiger partial charge in [-0.3, -0.25) is 4.79 Å². The number of imidazole rings is 1. The minimum atomic E-state index is -0.0833. The van der Waals surface area contributed by atoms with E-state index in [0.717, 1.165) is 40.8 Å². The average molecular weight is 426 g/mol. The molecule has 3 aromatic rings. The van der Waals surface area contributed by atoms with Crippen LogP contribution in [0.15, 0.2) is 52.3 Å². The van der Waals surface area contributed by atoms with E-state index in [0.29, 0.717) is 31.3 Å². The largest absolute Gasteiger partial charge is 0.486 e. The monoisotopic (exact) mass is 425 g/mol. The fraction of sp³-hybridized carbons (Fsp3) is 0.364. The Kier molecular flexibility index (Phi) is 5.16. The van der Waals surface area contributed by atoms with Crippen LogP contribution in [0.25, 0.3) is 0 Å². The van der Waals surface area contributed by atoms with Crippen molar-refractivity contribution in [3.05, 3.63) is 59.8 Å². The smallest absolute Gasteiger partial charge is 0.290 e. The predicted molar refractivity (Wildman–Crippen MR) is 112 cm³/mol. The molecule has 1 unspecified atom stereocenters. The van der Waals surface area contributed by atoms with Crippen molar-refractivity contribution in [1.82, 2.24) is 14.5 Å². The Morgan fingerprint density at radius 3 is 3.00 bits per heavy atom. The first kappa shape index (κ1) is 19.1.